The Kier molecular flexibility index (Phi) is 3.72. The topological polar surface area (TPSA) is 65.1 Å². The Morgan fingerprint density at radius 1 is 1.69 bits per heavy atom. The Labute approximate surface area is 77.8 Å². The van der Waals surface area contributed by atoms with E-state index in [2.05, 4.69) is 17.4 Å². The minimum atomic E-state index is 0.573. The minimum Gasteiger partial charge on any atom is -0.493 e. The van der Waals surface area contributed by atoms with E-state index in [0.29, 0.717) is 6.54 Å². The van der Waals surface area contributed by atoms with Crippen molar-refractivity contribution in [2.75, 3.05) is 7.11 Å². The van der Waals surface area contributed by atoms with Crippen molar-refractivity contribution >= 4 is 0 Å². The van der Waals surface area contributed by atoms with E-state index in [-0.39, 0.29) is 0 Å². The summed E-state index contributed by atoms with van der Waals surface area (Å²) in [5.74, 6) is 6.05. The van der Waals surface area contributed by atoms with Gasteiger partial charge in [0.2, 0.25) is 0 Å². The lowest BCUT2D eigenvalue weighted by atomic mass is 10.4. The third-order valence-corrected chi connectivity index (χ3v) is 1.84. The second kappa shape index (κ2) is 4.84. The predicted molar refractivity (Wildman–Crippen MR) is 50.1 cm³/mol. The number of nitrogens with two attached hydrogens (primary N) is 1. The fourth-order valence-electron chi connectivity index (χ4n) is 1.24. The molecule has 0 aliphatic carbocycles. The van der Waals surface area contributed by atoms with Gasteiger partial charge in [0.05, 0.1) is 25.5 Å². The van der Waals surface area contributed by atoms with Gasteiger partial charge in [-0.1, -0.05) is 6.92 Å². The summed E-state index contributed by atoms with van der Waals surface area (Å²) in [6.45, 7) is 3.57. The summed E-state index contributed by atoms with van der Waals surface area (Å²) in [4.78, 5) is 0. The molecule has 0 saturated heterocycles. The maximum Gasteiger partial charge on any atom is 0.161 e. The van der Waals surface area contributed by atoms with Crippen LogP contribution in [0.25, 0.3) is 0 Å². The first-order chi connectivity index (χ1) is 6.33. The Morgan fingerprint density at radius 2 is 2.46 bits per heavy atom. The molecule has 1 heterocycles. The number of hydrazine groups is 1. The average molecular weight is 184 g/mol. The van der Waals surface area contributed by atoms with Gasteiger partial charge in [-0.2, -0.15) is 5.10 Å². The number of ether oxygens (including phenoxy) is 1. The highest BCUT2D eigenvalue weighted by molar-refractivity contribution is 5.24. The van der Waals surface area contributed by atoms with Gasteiger partial charge >= 0.3 is 0 Å². The van der Waals surface area contributed by atoms with Gasteiger partial charge in [0.15, 0.2) is 5.75 Å². The number of nitrogens with zero attached hydrogens (tertiary/aromatic N) is 2. The molecule has 0 aliphatic heterocycles. The Morgan fingerprint density at radius 3 is 3.00 bits per heavy atom. The number of nitrogens with one attached hydrogen (secondary N) is 1. The van der Waals surface area contributed by atoms with E-state index in [0.717, 1.165) is 24.4 Å². The van der Waals surface area contributed by atoms with Crippen molar-refractivity contribution in [2.24, 2.45) is 5.84 Å². The van der Waals surface area contributed by atoms with Crippen molar-refractivity contribution < 1.29 is 4.74 Å². The van der Waals surface area contributed by atoms with E-state index in [4.69, 9.17) is 10.6 Å². The first-order valence-electron chi connectivity index (χ1n) is 4.35. The molecule has 3 N–H and O–H groups in total. The molecule has 0 aliphatic rings. The maximum absolute atomic E-state index is 5.26. The van der Waals surface area contributed by atoms with Crippen LogP contribution in [0.2, 0.25) is 0 Å². The molecule has 0 radical (unpaired) electrons. The molecule has 0 unspecified atom stereocenters. The molecular weight excluding hydrogens is 168 g/mol. The number of hydrogen-bond donors (Lipinski definition) is 2. The fourth-order valence-corrected chi connectivity index (χ4v) is 1.24. The van der Waals surface area contributed by atoms with E-state index < -0.39 is 0 Å². The van der Waals surface area contributed by atoms with Crippen LogP contribution >= 0.6 is 0 Å². The molecule has 0 fully saturated rings. The third kappa shape index (κ3) is 2.19. The summed E-state index contributed by atoms with van der Waals surface area (Å²) >= 11 is 0. The Hall–Kier alpha value is -1.07. The van der Waals surface area contributed by atoms with Crippen molar-refractivity contribution in [3.05, 3.63) is 11.9 Å². The van der Waals surface area contributed by atoms with Gasteiger partial charge < -0.3 is 4.74 Å². The molecule has 74 valence electrons. The third-order valence-electron chi connectivity index (χ3n) is 1.84. The van der Waals surface area contributed by atoms with Gasteiger partial charge in [-0.3, -0.25) is 16.0 Å². The van der Waals surface area contributed by atoms with Crippen molar-refractivity contribution in [2.45, 2.75) is 26.4 Å². The monoisotopic (exact) mass is 184 g/mol. The minimum absolute atomic E-state index is 0.573. The van der Waals surface area contributed by atoms with Crippen molar-refractivity contribution in [3.63, 3.8) is 0 Å². The largest absolute Gasteiger partial charge is 0.493 e. The molecule has 1 aromatic rings. The van der Waals surface area contributed by atoms with Crippen LogP contribution in [0.15, 0.2) is 6.20 Å². The van der Waals surface area contributed by atoms with Gasteiger partial charge in [-0.05, 0) is 6.42 Å². The number of aryl methyl sites for hydroxylation is 1. The van der Waals surface area contributed by atoms with Crippen molar-refractivity contribution in [1.82, 2.24) is 15.2 Å². The Balaban J connectivity index is 2.85. The summed E-state index contributed by atoms with van der Waals surface area (Å²) in [5, 5.41) is 4.19. The van der Waals surface area contributed by atoms with E-state index in [1.807, 2.05) is 4.68 Å². The second-order valence-electron chi connectivity index (χ2n) is 2.76. The van der Waals surface area contributed by atoms with E-state index in [1.165, 1.54) is 0 Å². The summed E-state index contributed by atoms with van der Waals surface area (Å²) in [6, 6.07) is 0. The summed E-state index contributed by atoms with van der Waals surface area (Å²) in [7, 11) is 1.63. The highest BCUT2D eigenvalue weighted by Gasteiger charge is 2.09. The summed E-state index contributed by atoms with van der Waals surface area (Å²) in [6.07, 6.45) is 2.75. The lowest BCUT2D eigenvalue weighted by Gasteiger charge is -2.06. The first kappa shape index (κ1) is 10.0. The SMILES string of the molecule is CCCn1ncc(OC)c1CNN. The molecule has 5 heteroatoms. The van der Waals surface area contributed by atoms with Crippen LogP contribution in [0.4, 0.5) is 0 Å². The van der Waals surface area contributed by atoms with Crippen LogP contribution in [0.3, 0.4) is 0 Å². The zero-order chi connectivity index (χ0) is 9.68. The van der Waals surface area contributed by atoms with Crippen LogP contribution in [-0.2, 0) is 13.1 Å². The molecule has 0 amide bonds. The lowest BCUT2D eigenvalue weighted by molar-refractivity contribution is 0.404. The molecule has 13 heavy (non-hydrogen) atoms. The number of hydrogen-bond acceptors (Lipinski definition) is 4. The van der Waals surface area contributed by atoms with Gasteiger partial charge in [0.1, 0.15) is 0 Å². The van der Waals surface area contributed by atoms with Gasteiger partial charge in [-0.15, -0.1) is 0 Å². The first-order valence-corrected chi connectivity index (χ1v) is 4.35. The van der Waals surface area contributed by atoms with Crippen molar-refractivity contribution in [1.29, 1.82) is 0 Å². The normalized spacial score (nSPS) is 10.4. The molecule has 0 spiro atoms. The number of aromatic nitrogens is 2. The highest BCUT2D eigenvalue weighted by atomic mass is 16.5. The molecule has 0 aromatic carbocycles. The zero-order valence-electron chi connectivity index (χ0n) is 8.08. The van der Waals surface area contributed by atoms with E-state index >= 15 is 0 Å². The van der Waals surface area contributed by atoms with Crippen LogP contribution in [0.1, 0.15) is 19.0 Å². The van der Waals surface area contributed by atoms with Crippen LogP contribution in [-0.4, -0.2) is 16.9 Å². The molecule has 1 rings (SSSR count). The van der Waals surface area contributed by atoms with Crippen LogP contribution in [0.5, 0.6) is 5.75 Å². The molecule has 1 aromatic heterocycles. The van der Waals surface area contributed by atoms with Gasteiger partial charge in [0.25, 0.3) is 0 Å². The zero-order valence-corrected chi connectivity index (χ0v) is 8.08. The molecular formula is C8H16N4O. The van der Waals surface area contributed by atoms with Gasteiger partial charge in [0, 0.05) is 6.54 Å². The summed E-state index contributed by atoms with van der Waals surface area (Å²) in [5.41, 5.74) is 3.60. The molecule has 0 saturated carbocycles. The van der Waals surface area contributed by atoms with Crippen LogP contribution in [0, 0.1) is 0 Å². The highest BCUT2D eigenvalue weighted by Crippen LogP contribution is 2.16. The van der Waals surface area contributed by atoms with E-state index in [1.54, 1.807) is 13.3 Å². The van der Waals surface area contributed by atoms with Crippen LogP contribution < -0.4 is 16.0 Å². The predicted octanol–water partition coefficient (Wildman–Crippen LogP) is 0.265. The standard InChI is InChI=1S/C8H16N4O/c1-3-4-12-7(5-10-9)8(13-2)6-11-12/h6,10H,3-5,9H2,1-2H3. The smallest absolute Gasteiger partial charge is 0.161 e. The molecule has 0 bridgehead atoms. The molecule has 0 atom stereocenters. The second-order valence-corrected chi connectivity index (χ2v) is 2.76. The average Bonchev–Trinajstić information content (AvgIpc) is 2.50. The van der Waals surface area contributed by atoms with Crippen molar-refractivity contribution in [3.8, 4) is 5.75 Å². The Bertz CT molecular complexity index is 259. The lowest BCUT2D eigenvalue weighted by Crippen LogP contribution is -2.23. The fraction of sp³-hybridized carbons (Fsp3) is 0.625. The quantitative estimate of drug-likeness (QED) is 0.509. The van der Waals surface area contributed by atoms with Gasteiger partial charge in [-0.25, -0.2) is 0 Å². The maximum atomic E-state index is 5.26. The molecule has 5 nitrogen and oxygen atoms in total. The number of rotatable bonds is 5. The van der Waals surface area contributed by atoms with E-state index in [9.17, 15) is 0 Å². The summed E-state index contributed by atoms with van der Waals surface area (Å²) < 4.78 is 7.05. The number of methoxy groups -OCH3 is 1.